The lowest BCUT2D eigenvalue weighted by Gasteiger charge is -1.74. The molecule has 0 aliphatic heterocycles. The Kier molecular flexibility index (Phi) is 8.20. The summed E-state index contributed by atoms with van der Waals surface area (Å²) >= 11 is 0. The van der Waals surface area contributed by atoms with Crippen molar-refractivity contribution in [2.45, 2.75) is 42.0 Å². The molecule has 9 nitrogen and oxygen atoms in total. The molecule has 0 atom stereocenters. The van der Waals surface area contributed by atoms with Crippen LogP contribution in [0.3, 0.4) is 0 Å². The average Bonchev–Trinajstić information content (AvgIpc) is 3.09. The molecule has 0 aliphatic carbocycles. The fourth-order valence-electron chi connectivity index (χ4n) is 1.06. The van der Waals surface area contributed by atoms with Gasteiger partial charge in [-0.15, -0.1) is 0 Å². The summed E-state index contributed by atoms with van der Waals surface area (Å²) in [5, 5.41) is 22.8. The number of H-pyrrole nitrogens is 3. The maximum Gasteiger partial charge on any atom is 0.147 e. The summed E-state index contributed by atoms with van der Waals surface area (Å²) < 4.78 is 0. The molecule has 0 saturated carbocycles. The lowest BCUT2D eigenvalue weighted by Crippen LogP contribution is -1.71. The molecule has 3 heterocycles. The first-order chi connectivity index (χ1) is 9.49. The smallest absolute Gasteiger partial charge is 0.147 e. The number of aryl methyl sites for hydroxylation is 5. The van der Waals surface area contributed by atoms with E-state index in [1.807, 2.05) is 34.6 Å². The fourth-order valence-corrected chi connectivity index (χ4v) is 1.06. The summed E-state index contributed by atoms with van der Waals surface area (Å²) in [6.07, 6.45) is 1.48. The van der Waals surface area contributed by atoms with Crippen molar-refractivity contribution in [1.29, 1.82) is 0 Å². The zero-order valence-electron chi connectivity index (χ0n) is 12.3. The Labute approximate surface area is 124 Å². The maximum absolute atomic E-state index is 3.94. The van der Waals surface area contributed by atoms with E-state index in [1.165, 1.54) is 6.33 Å². The SMILES string of the molecule is C.Cc1n[nH]c(C)n1.Cc1n[nH]nc1C.Cc1ncn[nH]1. The molecule has 3 N–H and O–H groups in total. The topological polar surface area (TPSA) is 125 Å². The third kappa shape index (κ3) is 7.55. The van der Waals surface area contributed by atoms with E-state index in [4.69, 9.17) is 0 Å². The average molecular weight is 293 g/mol. The van der Waals surface area contributed by atoms with Crippen LogP contribution in [0, 0.1) is 34.6 Å². The highest BCUT2D eigenvalue weighted by Crippen LogP contribution is 1.91. The highest BCUT2D eigenvalue weighted by atomic mass is 15.3. The summed E-state index contributed by atoms with van der Waals surface area (Å²) in [6, 6.07) is 0. The van der Waals surface area contributed by atoms with Gasteiger partial charge in [0.05, 0.1) is 11.4 Å². The molecule has 0 unspecified atom stereocenters. The van der Waals surface area contributed by atoms with Crippen molar-refractivity contribution < 1.29 is 0 Å². The van der Waals surface area contributed by atoms with Gasteiger partial charge in [-0.2, -0.15) is 25.6 Å². The van der Waals surface area contributed by atoms with Crippen LogP contribution >= 0.6 is 0 Å². The number of aromatic nitrogens is 9. The molecule has 0 bridgehead atoms. The van der Waals surface area contributed by atoms with Gasteiger partial charge in [0.1, 0.15) is 23.8 Å². The van der Waals surface area contributed by atoms with Crippen molar-refractivity contribution in [3.8, 4) is 0 Å². The van der Waals surface area contributed by atoms with E-state index in [-0.39, 0.29) is 7.43 Å². The number of hydrogen-bond acceptors (Lipinski definition) is 6. The summed E-state index contributed by atoms with van der Waals surface area (Å²) in [5.74, 6) is 2.53. The van der Waals surface area contributed by atoms with Crippen molar-refractivity contribution in [2.75, 3.05) is 0 Å². The summed E-state index contributed by atoms with van der Waals surface area (Å²) in [7, 11) is 0. The van der Waals surface area contributed by atoms with Crippen LogP contribution < -0.4 is 0 Å². The minimum absolute atomic E-state index is 0. The van der Waals surface area contributed by atoms with Gasteiger partial charge >= 0.3 is 0 Å². The quantitative estimate of drug-likeness (QED) is 0.578. The van der Waals surface area contributed by atoms with Crippen LogP contribution in [0.2, 0.25) is 0 Å². The van der Waals surface area contributed by atoms with E-state index in [9.17, 15) is 0 Å². The van der Waals surface area contributed by atoms with Crippen LogP contribution in [0.5, 0.6) is 0 Å². The number of nitrogens with one attached hydrogen (secondary N) is 3. The zero-order chi connectivity index (χ0) is 15.0. The van der Waals surface area contributed by atoms with Gasteiger partial charge < -0.3 is 0 Å². The maximum atomic E-state index is 3.94. The summed E-state index contributed by atoms with van der Waals surface area (Å²) in [4.78, 5) is 7.69. The Morgan fingerprint density at radius 1 is 0.810 bits per heavy atom. The fraction of sp³-hybridized carbons (Fsp3) is 0.500. The Morgan fingerprint density at radius 2 is 1.43 bits per heavy atom. The standard InChI is InChI=1S/2C4H7N3.C3H5N3.CH4/c1-3-5-4(2)7-6-3;1-3-4(2)6-7-5-3;1-3-4-2-5-6-3;/h2*1-2H3,(H,5,6,7);2H,1H3,(H,4,5,6);1H4. The van der Waals surface area contributed by atoms with Crippen LogP contribution in [-0.4, -0.2) is 45.8 Å². The van der Waals surface area contributed by atoms with Gasteiger partial charge in [-0.1, -0.05) is 7.43 Å². The lowest BCUT2D eigenvalue weighted by molar-refractivity contribution is 0.921. The van der Waals surface area contributed by atoms with Crippen molar-refractivity contribution in [3.63, 3.8) is 0 Å². The van der Waals surface area contributed by atoms with Crippen molar-refractivity contribution in [3.05, 3.63) is 35.2 Å². The summed E-state index contributed by atoms with van der Waals surface area (Å²) in [6.45, 7) is 9.41. The predicted octanol–water partition coefficient (Wildman–Crippen LogP) is 1.59. The van der Waals surface area contributed by atoms with E-state index in [0.717, 1.165) is 28.9 Å². The predicted molar refractivity (Wildman–Crippen MR) is 79.6 cm³/mol. The molecule has 3 rings (SSSR count). The molecule has 3 aromatic rings. The van der Waals surface area contributed by atoms with E-state index >= 15 is 0 Å². The Hall–Kier alpha value is -2.58. The van der Waals surface area contributed by atoms with E-state index in [0.29, 0.717) is 0 Å². The number of nitrogens with zero attached hydrogens (tertiary/aromatic N) is 6. The normalized spacial score (nSPS) is 8.81. The lowest BCUT2D eigenvalue weighted by atomic mass is 10.4. The molecule has 21 heavy (non-hydrogen) atoms. The van der Waals surface area contributed by atoms with Crippen molar-refractivity contribution in [1.82, 2.24) is 45.8 Å². The highest BCUT2D eigenvalue weighted by molar-refractivity contribution is 5.01. The molecular weight excluding hydrogens is 270 g/mol. The minimum atomic E-state index is 0. The van der Waals surface area contributed by atoms with Crippen LogP contribution in [0.25, 0.3) is 0 Å². The van der Waals surface area contributed by atoms with Crippen LogP contribution in [-0.2, 0) is 0 Å². The zero-order valence-corrected chi connectivity index (χ0v) is 12.3. The van der Waals surface area contributed by atoms with Gasteiger partial charge in [0.2, 0.25) is 0 Å². The third-order valence-corrected chi connectivity index (χ3v) is 2.20. The Balaban J connectivity index is 0.000000280. The molecule has 3 aromatic heterocycles. The first-order valence-electron chi connectivity index (χ1n) is 6.00. The molecule has 0 spiro atoms. The molecule has 0 aromatic carbocycles. The molecule has 116 valence electrons. The molecule has 0 radical (unpaired) electrons. The second-order valence-electron chi connectivity index (χ2n) is 4.03. The second-order valence-corrected chi connectivity index (χ2v) is 4.03. The first kappa shape index (κ1) is 18.4. The molecule has 0 fully saturated rings. The van der Waals surface area contributed by atoms with Gasteiger partial charge in [-0.3, -0.25) is 10.2 Å². The van der Waals surface area contributed by atoms with Crippen LogP contribution in [0.4, 0.5) is 0 Å². The van der Waals surface area contributed by atoms with Gasteiger partial charge in [-0.25, -0.2) is 9.97 Å². The monoisotopic (exact) mass is 293 g/mol. The largest absolute Gasteiger partial charge is 0.264 e. The van der Waals surface area contributed by atoms with Gasteiger partial charge in [0.15, 0.2) is 0 Å². The van der Waals surface area contributed by atoms with Crippen molar-refractivity contribution in [2.24, 2.45) is 0 Å². The molecular formula is C12H23N9. The molecule has 0 aliphatic rings. The highest BCUT2D eigenvalue weighted by Gasteiger charge is 1.90. The van der Waals surface area contributed by atoms with E-state index < -0.39 is 0 Å². The number of hydrogen-bond donors (Lipinski definition) is 3. The van der Waals surface area contributed by atoms with Gasteiger partial charge in [0.25, 0.3) is 0 Å². The second kappa shape index (κ2) is 9.34. The molecule has 9 heteroatoms. The van der Waals surface area contributed by atoms with E-state index in [2.05, 4.69) is 45.8 Å². The minimum Gasteiger partial charge on any atom is -0.264 e. The third-order valence-electron chi connectivity index (χ3n) is 2.20. The Morgan fingerprint density at radius 3 is 1.57 bits per heavy atom. The van der Waals surface area contributed by atoms with Gasteiger partial charge in [0, 0.05) is 0 Å². The number of aromatic amines is 3. The number of rotatable bonds is 0. The van der Waals surface area contributed by atoms with Crippen LogP contribution in [0.15, 0.2) is 6.33 Å². The van der Waals surface area contributed by atoms with E-state index in [1.54, 1.807) is 0 Å². The van der Waals surface area contributed by atoms with Gasteiger partial charge in [-0.05, 0) is 34.6 Å². The first-order valence-corrected chi connectivity index (χ1v) is 6.00. The summed E-state index contributed by atoms with van der Waals surface area (Å²) in [5.41, 5.74) is 1.94. The van der Waals surface area contributed by atoms with Crippen molar-refractivity contribution >= 4 is 0 Å². The Bertz CT molecular complexity index is 561. The molecule has 0 saturated heterocycles. The van der Waals surface area contributed by atoms with Crippen LogP contribution in [0.1, 0.15) is 36.3 Å². The molecule has 0 amide bonds.